The number of anilines is 1. The average molecular weight is 308 g/mol. The van der Waals surface area contributed by atoms with Crippen LogP contribution in [0.4, 0.5) is 14.5 Å². The van der Waals surface area contributed by atoms with Crippen LogP contribution >= 0.6 is 0 Å². The molecule has 108 valence electrons. The van der Waals surface area contributed by atoms with E-state index in [-0.39, 0.29) is 16.5 Å². The minimum atomic E-state index is -1.72. The number of fused-ring (bicyclic) bond motifs is 1. The van der Waals surface area contributed by atoms with Crippen LogP contribution in [0.1, 0.15) is 5.56 Å². The SMILES string of the molecule is Nc1ccc2nc(S(=O)Cc3cc(F)ccc3F)oc2c1. The first-order valence-corrected chi connectivity index (χ1v) is 7.33. The summed E-state index contributed by atoms with van der Waals surface area (Å²) in [5, 5.41) is -0.0424. The standard InChI is InChI=1S/C14H10F2N2O2S/c15-9-1-3-11(16)8(5-9)7-21(19)14-18-12-4-2-10(17)6-13(12)20-14/h1-6H,7,17H2. The average Bonchev–Trinajstić information content (AvgIpc) is 2.86. The summed E-state index contributed by atoms with van der Waals surface area (Å²) in [6.07, 6.45) is 0. The van der Waals surface area contributed by atoms with E-state index in [2.05, 4.69) is 4.98 Å². The predicted octanol–water partition coefficient (Wildman–Crippen LogP) is 3.00. The Morgan fingerprint density at radius 3 is 2.81 bits per heavy atom. The number of rotatable bonds is 3. The molecule has 0 bridgehead atoms. The van der Waals surface area contributed by atoms with Crippen molar-refractivity contribution in [3.05, 3.63) is 53.6 Å². The quantitative estimate of drug-likeness (QED) is 0.755. The summed E-state index contributed by atoms with van der Waals surface area (Å²) in [5.74, 6) is -1.43. The van der Waals surface area contributed by atoms with Crippen molar-refractivity contribution in [3.63, 3.8) is 0 Å². The van der Waals surface area contributed by atoms with Gasteiger partial charge in [-0.1, -0.05) is 0 Å². The van der Waals surface area contributed by atoms with Gasteiger partial charge >= 0.3 is 0 Å². The van der Waals surface area contributed by atoms with Gasteiger partial charge in [0.15, 0.2) is 5.58 Å². The van der Waals surface area contributed by atoms with Gasteiger partial charge in [0.25, 0.3) is 5.22 Å². The number of hydrogen-bond acceptors (Lipinski definition) is 4. The van der Waals surface area contributed by atoms with E-state index in [1.165, 1.54) is 0 Å². The second kappa shape index (κ2) is 5.25. The largest absolute Gasteiger partial charge is 0.430 e. The van der Waals surface area contributed by atoms with Crippen LogP contribution in [-0.4, -0.2) is 9.19 Å². The highest BCUT2D eigenvalue weighted by atomic mass is 32.2. The van der Waals surface area contributed by atoms with Gasteiger partial charge in [0.1, 0.15) is 28.0 Å². The molecule has 0 fully saturated rings. The summed E-state index contributed by atoms with van der Waals surface area (Å²) in [6, 6.07) is 7.85. The molecular weight excluding hydrogens is 298 g/mol. The van der Waals surface area contributed by atoms with Gasteiger partial charge in [0.2, 0.25) is 0 Å². The van der Waals surface area contributed by atoms with Crippen molar-refractivity contribution in [1.29, 1.82) is 0 Å². The first kappa shape index (κ1) is 13.7. The van der Waals surface area contributed by atoms with Gasteiger partial charge in [-0.15, -0.1) is 0 Å². The van der Waals surface area contributed by atoms with Crippen molar-refractivity contribution in [2.75, 3.05) is 5.73 Å². The van der Waals surface area contributed by atoms with E-state index in [0.29, 0.717) is 16.8 Å². The van der Waals surface area contributed by atoms with Gasteiger partial charge in [-0.3, -0.25) is 0 Å². The monoisotopic (exact) mass is 308 g/mol. The fourth-order valence-corrected chi connectivity index (χ4v) is 2.88. The predicted molar refractivity (Wildman–Crippen MR) is 74.9 cm³/mol. The Kier molecular flexibility index (Phi) is 3.42. The third-order valence-electron chi connectivity index (χ3n) is 2.88. The number of hydrogen-bond donors (Lipinski definition) is 1. The summed E-state index contributed by atoms with van der Waals surface area (Å²) in [7, 11) is -1.72. The number of nitrogens with two attached hydrogens (primary N) is 1. The molecule has 0 saturated carbocycles. The number of oxazole rings is 1. The zero-order valence-electron chi connectivity index (χ0n) is 10.7. The maximum absolute atomic E-state index is 13.5. The molecule has 1 atom stereocenters. The Bertz CT molecular complexity index is 848. The molecule has 0 aliphatic carbocycles. The van der Waals surface area contributed by atoms with Crippen LogP contribution in [0.2, 0.25) is 0 Å². The van der Waals surface area contributed by atoms with Crippen LogP contribution in [0.3, 0.4) is 0 Å². The Balaban J connectivity index is 1.91. The van der Waals surface area contributed by atoms with Crippen molar-refractivity contribution in [3.8, 4) is 0 Å². The van der Waals surface area contributed by atoms with Gasteiger partial charge in [-0.05, 0) is 30.3 Å². The second-order valence-corrected chi connectivity index (χ2v) is 5.76. The van der Waals surface area contributed by atoms with Crippen LogP contribution in [0, 0.1) is 11.6 Å². The molecule has 2 aromatic carbocycles. The van der Waals surface area contributed by atoms with Crippen molar-refractivity contribution in [2.45, 2.75) is 11.0 Å². The maximum Gasteiger partial charge on any atom is 0.288 e. The van der Waals surface area contributed by atoms with E-state index in [1.807, 2.05) is 0 Å². The molecule has 1 unspecified atom stereocenters. The number of benzene rings is 2. The van der Waals surface area contributed by atoms with Gasteiger partial charge < -0.3 is 10.2 Å². The fourth-order valence-electron chi connectivity index (χ4n) is 1.87. The van der Waals surface area contributed by atoms with Gasteiger partial charge in [-0.25, -0.2) is 18.0 Å². The molecule has 0 saturated heterocycles. The molecule has 0 radical (unpaired) electrons. The lowest BCUT2D eigenvalue weighted by Crippen LogP contribution is -2.00. The highest BCUT2D eigenvalue weighted by Crippen LogP contribution is 2.22. The lowest BCUT2D eigenvalue weighted by molar-refractivity contribution is 0.477. The van der Waals surface area contributed by atoms with Crippen LogP contribution in [0.25, 0.3) is 11.1 Å². The summed E-state index contributed by atoms with van der Waals surface area (Å²) >= 11 is 0. The van der Waals surface area contributed by atoms with E-state index >= 15 is 0 Å². The number of halogens is 2. The summed E-state index contributed by atoms with van der Waals surface area (Å²) in [5.41, 5.74) is 7.02. The molecule has 21 heavy (non-hydrogen) atoms. The van der Waals surface area contributed by atoms with Crippen molar-refractivity contribution >= 4 is 27.6 Å². The van der Waals surface area contributed by atoms with E-state index in [4.69, 9.17) is 10.2 Å². The first-order valence-electron chi connectivity index (χ1n) is 6.01. The number of nitrogen functional groups attached to an aromatic ring is 1. The normalized spacial score (nSPS) is 12.7. The van der Waals surface area contributed by atoms with Gasteiger partial charge in [0.05, 0.1) is 5.75 Å². The molecule has 4 nitrogen and oxygen atoms in total. The van der Waals surface area contributed by atoms with Crippen molar-refractivity contribution in [2.24, 2.45) is 0 Å². The smallest absolute Gasteiger partial charge is 0.288 e. The second-order valence-electron chi connectivity index (χ2n) is 4.43. The topological polar surface area (TPSA) is 69.1 Å². The molecule has 3 rings (SSSR count). The van der Waals surface area contributed by atoms with E-state index in [9.17, 15) is 13.0 Å². The van der Waals surface area contributed by atoms with Crippen LogP contribution in [-0.2, 0) is 16.6 Å². The van der Waals surface area contributed by atoms with E-state index in [1.54, 1.807) is 18.2 Å². The Hall–Kier alpha value is -2.28. The summed E-state index contributed by atoms with van der Waals surface area (Å²) < 4.78 is 44.1. The highest BCUT2D eigenvalue weighted by Gasteiger charge is 2.16. The maximum atomic E-state index is 13.5. The van der Waals surface area contributed by atoms with Crippen LogP contribution in [0.15, 0.2) is 46.0 Å². The Morgan fingerprint density at radius 1 is 1.19 bits per heavy atom. The Morgan fingerprint density at radius 2 is 2.00 bits per heavy atom. The number of nitrogens with zero attached hydrogens (tertiary/aromatic N) is 1. The Labute approximate surface area is 121 Å². The molecule has 0 spiro atoms. The molecule has 0 aliphatic heterocycles. The lowest BCUT2D eigenvalue weighted by Gasteiger charge is -2.01. The lowest BCUT2D eigenvalue weighted by atomic mass is 10.2. The third-order valence-corrected chi connectivity index (χ3v) is 4.02. The minimum Gasteiger partial charge on any atom is -0.430 e. The molecule has 2 N–H and O–H groups in total. The van der Waals surface area contributed by atoms with Crippen LogP contribution in [0.5, 0.6) is 0 Å². The molecule has 7 heteroatoms. The van der Waals surface area contributed by atoms with Crippen LogP contribution < -0.4 is 5.73 Å². The molecule has 0 amide bonds. The third kappa shape index (κ3) is 2.78. The molecule has 3 aromatic rings. The zero-order valence-corrected chi connectivity index (χ0v) is 11.5. The fraction of sp³-hybridized carbons (Fsp3) is 0.0714. The van der Waals surface area contributed by atoms with Gasteiger partial charge in [0, 0.05) is 17.3 Å². The summed E-state index contributed by atoms with van der Waals surface area (Å²) in [4.78, 5) is 4.06. The van der Waals surface area contributed by atoms with E-state index < -0.39 is 22.4 Å². The highest BCUT2D eigenvalue weighted by molar-refractivity contribution is 7.84. The van der Waals surface area contributed by atoms with Gasteiger partial charge in [-0.2, -0.15) is 0 Å². The molecule has 0 aliphatic rings. The molecule has 1 heterocycles. The van der Waals surface area contributed by atoms with E-state index in [0.717, 1.165) is 18.2 Å². The van der Waals surface area contributed by atoms with Crippen molar-refractivity contribution in [1.82, 2.24) is 4.98 Å². The number of aromatic nitrogens is 1. The van der Waals surface area contributed by atoms with Crippen molar-refractivity contribution < 1.29 is 17.4 Å². The zero-order chi connectivity index (χ0) is 15.0. The molecular formula is C14H10F2N2O2S. The minimum absolute atomic E-state index is 0.00935. The first-order chi connectivity index (χ1) is 10.0. The summed E-state index contributed by atoms with van der Waals surface area (Å²) in [6.45, 7) is 0. The molecule has 1 aromatic heterocycles.